The first-order chi connectivity index (χ1) is 12.2. The van der Waals surface area contributed by atoms with Crippen LogP contribution in [0.25, 0.3) is 11.6 Å². The van der Waals surface area contributed by atoms with Gasteiger partial charge in [0.2, 0.25) is 5.82 Å². The summed E-state index contributed by atoms with van der Waals surface area (Å²) in [7, 11) is 0. The first-order valence-corrected chi connectivity index (χ1v) is 8.81. The third-order valence-electron chi connectivity index (χ3n) is 4.44. The standard InChI is InChI=1S/C17H25N5O3/c1-12-5-2-3-6-13(12)25-10-8-18-17(23)19-11-15-20-16(22-21-15)14-7-4-9-24-14/h4,7,9,12-13H,2-3,5-6,8,10-11H2,1H3,(H2,18,19,23)(H,20,21,22)/t12-,13+/m1/s1. The molecule has 2 aromatic rings. The first-order valence-electron chi connectivity index (χ1n) is 8.81. The van der Waals surface area contributed by atoms with Crippen LogP contribution in [0.4, 0.5) is 4.79 Å². The van der Waals surface area contributed by atoms with E-state index in [1.54, 1.807) is 18.4 Å². The van der Waals surface area contributed by atoms with Crippen molar-refractivity contribution in [2.45, 2.75) is 45.3 Å². The number of H-pyrrole nitrogens is 1. The van der Waals surface area contributed by atoms with Crippen molar-refractivity contribution in [3.63, 3.8) is 0 Å². The molecule has 3 rings (SSSR count). The van der Waals surface area contributed by atoms with Crippen LogP contribution in [0.5, 0.6) is 0 Å². The van der Waals surface area contributed by atoms with Gasteiger partial charge in [-0.2, -0.15) is 0 Å². The van der Waals surface area contributed by atoms with Crippen LogP contribution in [0, 0.1) is 5.92 Å². The topological polar surface area (TPSA) is 105 Å². The van der Waals surface area contributed by atoms with Crippen molar-refractivity contribution in [2.24, 2.45) is 5.92 Å². The minimum atomic E-state index is -0.253. The molecule has 0 aromatic carbocycles. The number of aromatic nitrogens is 3. The number of rotatable bonds is 7. The number of nitrogens with one attached hydrogen (secondary N) is 3. The molecule has 0 bridgehead atoms. The summed E-state index contributed by atoms with van der Waals surface area (Å²) in [6.45, 7) is 3.52. The number of aromatic amines is 1. The second kappa shape index (κ2) is 8.66. The van der Waals surface area contributed by atoms with Crippen LogP contribution in [0.2, 0.25) is 0 Å². The van der Waals surface area contributed by atoms with Crippen LogP contribution in [0.3, 0.4) is 0 Å². The molecule has 1 saturated carbocycles. The average Bonchev–Trinajstić information content (AvgIpc) is 3.29. The van der Waals surface area contributed by atoms with Gasteiger partial charge in [0.15, 0.2) is 5.76 Å². The van der Waals surface area contributed by atoms with E-state index in [2.05, 4.69) is 32.7 Å². The number of nitrogens with zero attached hydrogens (tertiary/aromatic N) is 2. The second-order valence-corrected chi connectivity index (χ2v) is 6.36. The Balaban J connectivity index is 1.32. The van der Waals surface area contributed by atoms with Gasteiger partial charge in [0.1, 0.15) is 5.82 Å². The van der Waals surface area contributed by atoms with Crippen molar-refractivity contribution >= 4 is 6.03 Å². The van der Waals surface area contributed by atoms with Crippen LogP contribution in [-0.2, 0) is 11.3 Å². The fourth-order valence-electron chi connectivity index (χ4n) is 3.02. The van der Waals surface area contributed by atoms with Gasteiger partial charge in [-0.1, -0.05) is 19.8 Å². The lowest BCUT2D eigenvalue weighted by Crippen LogP contribution is -2.38. The minimum Gasteiger partial charge on any atom is -0.461 e. The molecule has 2 heterocycles. The van der Waals surface area contributed by atoms with Crippen molar-refractivity contribution in [3.05, 3.63) is 24.2 Å². The van der Waals surface area contributed by atoms with Gasteiger partial charge >= 0.3 is 6.03 Å². The molecule has 8 nitrogen and oxygen atoms in total. The summed E-state index contributed by atoms with van der Waals surface area (Å²) in [4.78, 5) is 16.1. The second-order valence-electron chi connectivity index (χ2n) is 6.36. The summed E-state index contributed by atoms with van der Waals surface area (Å²) in [5.41, 5.74) is 0. The predicted molar refractivity (Wildman–Crippen MR) is 91.7 cm³/mol. The smallest absolute Gasteiger partial charge is 0.315 e. The molecule has 1 aliphatic carbocycles. The summed E-state index contributed by atoms with van der Waals surface area (Å²) < 4.78 is 11.1. The molecule has 0 spiro atoms. The lowest BCUT2D eigenvalue weighted by molar-refractivity contribution is -0.00243. The van der Waals surface area contributed by atoms with Gasteiger partial charge in [-0.15, -0.1) is 5.10 Å². The Kier molecular flexibility index (Phi) is 6.05. The predicted octanol–water partition coefficient (Wildman–Crippen LogP) is 2.46. The lowest BCUT2D eigenvalue weighted by atomic mass is 9.88. The maximum atomic E-state index is 11.8. The van der Waals surface area contributed by atoms with Crippen molar-refractivity contribution in [2.75, 3.05) is 13.2 Å². The number of amides is 2. The molecule has 3 N–H and O–H groups in total. The first kappa shape index (κ1) is 17.5. The Morgan fingerprint density at radius 2 is 2.28 bits per heavy atom. The zero-order chi connectivity index (χ0) is 17.5. The van der Waals surface area contributed by atoms with Crippen LogP contribution in [0.15, 0.2) is 22.8 Å². The Morgan fingerprint density at radius 1 is 1.40 bits per heavy atom. The molecular formula is C17H25N5O3. The van der Waals surface area contributed by atoms with Crippen LogP contribution < -0.4 is 10.6 Å². The zero-order valence-electron chi connectivity index (χ0n) is 14.5. The fourth-order valence-corrected chi connectivity index (χ4v) is 3.02. The Labute approximate surface area is 146 Å². The molecule has 2 atom stereocenters. The van der Waals surface area contributed by atoms with Crippen LogP contribution in [0.1, 0.15) is 38.4 Å². The number of hydrogen-bond acceptors (Lipinski definition) is 5. The van der Waals surface area contributed by atoms with Gasteiger partial charge < -0.3 is 19.8 Å². The molecule has 1 aliphatic rings. The molecule has 136 valence electrons. The van der Waals surface area contributed by atoms with Gasteiger partial charge in [-0.05, 0) is 30.9 Å². The lowest BCUT2D eigenvalue weighted by Gasteiger charge is -2.28. The Morgan fingerprint density at radius 3 is 3.08 bits per heavy atom. The molecule has 0 saturated heterocycles. The van der Waals surface area contributed by atoms with Gasteiger partial charge in [-0.25, -0.2) is 9.78 Å². The monoisotopic (exact) mass is 347 g/mol. The zero-order valence-corrected chi connectivity index (χ0v) is 14.5. The van der Waals surface area contributed by atoms with E-state index >= 15 is 0 Å². The number of carbonyl (C=O) groups excluding carboxylic acids is 1. The minimum absolute atomic E-state index is 0.253. The van der Waals surface area contributed by atoms with Crippen molar-refractivity contribution in [1.29, 1.82) is 0 Å². The van der Waals surface area contributed by atoms with Crippen LogP contribution >= 0.6 is 0 Å². The van der Waals surface area contributed by atoms with Gasteiger partial charge in [-0.3, -0.25) is 5.10 Å². The van der Waals surface area contributed by atoms with E-state index in [1.165, 1.54) is 19.3 Å². The highest BCUT2D eigenvalue weighted by molar-refractivity contribution is 5.73. The quantitative estimate of drug-likeness (QED) is 0.667. The maximum absolute atomic E-state index is 11.8. The van der Waals surface area contributed by atoms with E-state index in [0.717, 1.165) is 6.42 Å². The third kappa shape index (κ3) is 5.06. The van der Waals surface area contributed by atoms with E-state index in [0.29, 0.717) is 42.6 Å². The van der Waals surface area contributed by atoms with E-state index in [1.807, 2.05) is 0 Å². The highest BCUT2D eigenvalue weighted by Crippen LogP contribution is 2.25. The molecule has 0 radical (unpaired) electrons. The third-order valence-corrected chi connectivity index (χ3v) is 4.44. The normalized spacial score (nSPS) is 20.4. The van der Waals surface area contributed by atoms with Gasteiger partial charge in [0.05, 0.1) is 25.5 Å². The van der Waals surface area contributed by atoms with Gasteiger partial charge in [0.25, 0.3) is 0 Å². The highest BCUT2D eigenvalue weighted by atomic mass is 16.5. The highest BCUT2D eigenvalue weighted by Gasteiger charge is 2.21. The molecule has 2 aromatic heterocycles. The molecule has 8 heteroatoms. The summed E-state index contributed by atoms with van der Waals surface area (Å²) >= 11 is 0. The SMILES string of the molecule is C[C@@H]1CCCC[C@@H]1OCCNC(=O)NCc1nc(-c2ccco2)n[nH]1. The maximum Gasteiger partial charge on any atom is 0.315 e. The largest absolute Gasteiger partial charge is 0.461 e. The molecule has 1 fully saturated rings. The van der Waals surface area contributed by atoms with Gasteiger partial charge in [0, 0.05) is 6.54 Å². The van der Waals surface area contributed by atoms with Crippen LogP contribution in [-0.4, -0.2) is 40.5 Å². The summed E-state index contributed by atoms with van der Waals surface area (Å²) in [5.74, 6) is 2.23. The summed E-state index contributed by atoms with van der Waals surface area (Å²) in [5, 5.41) is 12.3. The van der Waals surface area contributed by atoms with Crippen molar-refractivity contribution in [1.82, 2.24) is 25.8 Å². The summed E-state index contributed by atoms with van der Waals surface area (Å²) in [6.07, 6.45) is 6.78. The number of furan rings is 1. The molecule has 0 aliphatic heterocycles. The average molecular weight is 347 g/mol. The Bertz CT molecular complexity index is 655. The Hall–Kier alpha value is -2.35. The number of hydrogen-bond donors (Lipinski definition) is 3. The molecule has 2 amide bonds. The number of urea groups is 1. The van der Waals surface area contributed by atoms with Crippen molar-refractivity contribution in [3.8, 4) is 11.6 Å². The number of carbonyl (C=O) groups is 1. The van der Waals surface area contributed by atoms with E-state index < -0.39 is 0 Å². The fraction of sp³-hybridized carbons (Fsp3) is 0.588. The van der Waals surface area contributed by atoms with E-state index in [4.69, 9.17) is 9.15 Å². The summed E-state index contributed by atoms with van der Waals surface area (Å²) in [6, 6.07) is 3.30. The van der Waals surface area contributed by atoms with Crippen molar-refractivity contribution < 1.29 is 13.9 Å². The van der Waals surface area contributed by atoms with E-state index in [-0.39, 0.29) is 12.6 Å². The van der Waals surface area contributed by atoms with E-state index in [9.17, 15) is 4.79 Å². The molecule has 25 heavy (non-hydrogen) atoms. The molecule has 0 unspecified atom stereocenters. The number of ether oxygens (including phenoxy) is 1. The molecular weight excluding hydrogens is 322 g/mol.